The van der Waals surface area contributed by atoms with E-state index in [9.17, 15) is 9.59 Å². The summed E-state index contributed by atoms with van der Waals surface area (Å²) >= 11 is 1.52. The molecule has 2 aromatic heterocycles. The zero-order valence-corrected chi connectivity index (χ0v) is 16.5. The van der Waals surface area contributed by atoms with E-state index >= 15 is 0 Å². The summed E-state index contributed by atoms with van der Waals surface area (Å²) in [5.41, 5.74) is 1.80. The molecule has 1 saturated heterocycles. The van der Waals surface area contributed by atoms with Gasteiger partial charge in [-0.15, -0.1) is 11.3 Å². The van der Waals surface area contributed by atoms with Gasteiger partial charge in [0.05, 0.1) is 11.7 Å². The molecule has 1 fully saturated rings. The van der Waals surface area contributed by atoms with E-state index in [0.717, 1.165) is 46.8 Å². The van der Waals surface area contributed by atoms with Crippen molar-refractivity contribution in [3.05, 3.63) is 51.9 Å². The molecule has 27 heavy (non-hydrogen) atoms. The molecule has 3 heterocycles. The van der Waals surface area contributed by atoms with Gasteiger partial charge in [0.1, 0.15) is 11.4 Å². The lowest BCUT2D eigenvalue weighted by Crippen LogP contribution is -2.42. The van der Waals surface area contributed by atoms with Crippen LogP contribution in [0.5, 0.6) is 0 Å². The Bertz CT molecular complexity index is 1040. The number of hydrogen-bond acceptors (Lipinski definition) is 4. The molecule has 0 N–H and O–H groups in total. The molecule has 1 aliphatic rings. The van der Waals surface area contributed by atoms with Crippen LogP contribution in [0.3, 0.4) is 0 Å². The van der Waals surface area contributed by atoms with Crippen LogP contribution in [0.2, 0.25) is 0 Å². The van der Waals surface area contributed by atoms with Crippen LogP contribution in [0.1, 0.15) is 24.6 Å². The minimum atomic E-state index is -0.137. The van der Waals surface area contributed by atoms with Crippen molar-refractivity contribution in [3.63, 3.8) is 0 Å². The molecule has 0 bridgehead atoms. The number of carbonyl (C=O) groups is 1. The third-order valence-corrected chi connectivity index (χ3v) is 6.25. The molecular formula is C21H23N3O2S. The van der Waals surface area contributed by atoms with Crippen molar-refractivity contribution >= 4 is 27.5 Å². The molecule has 3 aromatic rings. The predicted octanol–water partition coefficient (Wildman–Crippen LogP) is 3.69. The fourth-order valence-corrected chi connectivity index (χ4v) is 4.87. The van der Waals surface area contributed by atoms with Gasteiger partial charge in [-0.1, -0.05) is 37.3 Å². The van der Waals surface area contributed by atoms with Gasteiger partial charge in [0, 0.05) is 23.5 Å². The minimum absolute atomic E-state index is 0.00184. The normalized spacial score (nSPS) is 17.4. The first-order valence-electron chi connectivity index (χ1n) is 9.36. The van der Waals surface area contributed by atoms with Gasteiger partial charge < -0.3 is 4.90 Å². The molecule has 4 rings (SSSR count). The number of hydrogen-bond donors (Lipinski definition) is 0. The number of thiophene rings is 1. The van der Waals surface area contributed by atoms with E-state index in [1.807, 2.05) is 42.2 Å². The molecule has 6 heteroatoms. The fourth-order valence-electron chi connectivity index (χ4n) is 3.86. The van der Waals surface area contributed by atoms with Gasteiger partial charge in [-0.3, -0.25) is 14.2 Å². The monoisotopic (exact) mass is 381 g/mol. The van der Waals surface area contributed by atoms with Gasteiger partial charge in [0.2, 0.25) is 5.91 Å². The molecule has 0 radical (unpaired) electrons. The van der Waals surface area contributed by atoms with E-state index in [0.29, 0.717) is 11.3 Å². The maximum atomic E-state index is 13.2. The highest BCUT2D eigenvalue weighted by Gasteiger charge is 2.22. The predicted molar refractivity (Wildman–Crippen MR) is 109 cm³/mol. The number of fused-ring (bicyclic) bond motifs is 1. The van der Waals surface area contributed by atoms with Gasteiger partial charge in [-0.25, -0.2) is 4.98 Å². The van der Waals surface area contributed by atoms with Gasteiger partial charge in [0.25, 0.3) is 5.56 Å². The Kier molecular flexibility index (Phi) is 4.83. The molecule has 1 aliphatic heterocycles. The van der Waals surface area contributed by atoms with E-state index in [1.54, 1.807) is 0 Å². The standard InChI is InChI=1S/C21H23N3O2S/c1-14-7-6-10-23(11-14)17(25)12-24-13-22-20-19(21(24)26)18(15(2)27-20)16-8-4-3-5-9-16/h3-5,8-9,13-14H,6-7,10-12H2,1-2H3/t14-/m1/s1. The van der Waals surface area contributed by atoms with Gasteiger partial charge in [-0.2, -0.15) is 0 Å². The van der Waals surface area contributed by atoms with Crippen molar-refractivity contribution < 1.29 is 4.79 Å². The smallest absolute Gasteiger partial charge is 0.263 e. The third kappa shape index (κ3) is 3.41. The summed E-state index contributed by atoms with van der Waals surface area (Å²) in [6.45, 7) is 5.78. The summed E-state index contributed by atoms with van der Waals surface area (Å²) in [6, 6.07) is 9.90. The molecule has 0 aliphatic carbocycles. The van der Waals surface area contributed by atoms with Crippen molar-refractivity contribution in [1.29, 1.82) is 0 Å². The average molecular weight is 382 g/mol. The number of rotatable bonds is 3. The fraction of sp³-hybridized carbons (Fsp3) is 0.381. The third-order valence-electron chi connectivity index (χ3n) is 5.23. The van der Waals surface area contributed by atoms with Crippen LogP contribution >= 0.6 is 11.3 Å². The molecule has 0 spiro atoms. The average Bonchev–Trinajstić information content (AvgIpc) is 3.01. The lowest BCUT2D eigenvalue weighted by atomic mass is 10.0. The van der Waals surface area contributed by atoms with Crippen molar-refractivity contribution in [1.82, 2.24) is 14.5 Å². The number of nitrogens with zero attached hydrogens (tertiary/aromatic N) is 3. The van der Waals surface area contributed by atoms with E-state index in [4.69, 9.17) is 0 Å². The molecule has 0 saturated carbocycles. The number of carbonyl (C=O) groups excluding carboxylic acids is 1. The molecule has 1 atom stereocenters. The quantitative estimate of drug-likeness (QED) is 0.695. The zero-order valence-electron chi connectivity index (χ0n) is 15.6. The highest BCUT2D eigenvalue weighted by atomic mass is 32.1. The largest absolute Gasteiger partial charge is 0.341 e. The minimum Gasteiger partial charge on any atom is -0.341 e. The summed E-state index contributed by atoms with van der Waals surface area (Å²) in [5, 5.41) is 0.617. The van der Waals surface area contributed by atoms with Crippen LogP contribution < -0.4 is 5.56 Å². The zero-order chi connectivity index (χ0) is 19.0. The highest BCUT2D eigenvalue weighted by molar-refractivity contribution is 7.19. The first-order valence-corrected chi connectivity index (χ1v) is 10.2. The molecular weight excluding hydrogens is 358 g/mol. The number of amides is 1. The summed E-state index contributed by atoms with van der Waals surface area (Å²) in [7, 11) is 0. The lowest BCUT2D eigenvalue weighted by molar-refractivity contribution is -0.133. The van der Waals surface area contributed by atoms with Crippen molar-refractivity contribution in [2.24, 2.45) is 5.92 Å². The first-order chi connectivity index (χ1) is 13.0. The second-order valence-corrected chi connectivity index (χ2v) is 8.55. The Labute approximate surface area is 162 Å². The Morgan fingerprint density at radius 1 is 1.30 bits per heavy atom. The van der Waals surface area contributed by atoms with Gasteiger partial charge in [-0.05, 0) is 31.2 Å². The second-order valence-electron chi connectivity index (χ2n) is 7.34. The molecule has 1 aromatic carbocycles. The topological polar surface area (TPSA) is 55.2 Å². The summed E-state index contributed by atoms with van der Waals surface area (Å²) in [6.07, 6.45) is 3.70. The van der Waals surface area contributed by atoms with Crippen molar-refractivity contribution in [3.8, 4) is 11.1 Å². The summed E-state index contributed by atoms with van der Waals surface area (Å²) in [5.74, 6) is 0.516. The molecule has 5 nitrogen and oxygen atoms in total. The number of likely N-dealkylation sites (tertiary alicyclic amines) is 1. The van der Waals surface area contributed by atoms with E-state index in [2.05, 4.69) is 11.9 Å². The van der Waals surface area contributed by atoms with Crippen LogP contribution in [-0.2, 0) is 11.3 Å². The second kappa shape index (κ2) is 7.27. The number of benzene rings is 1. The van der Waals surface area contributed by atoms with Gasteiger partial charge in [0.15, 0.2) is 0 Å². The van der Waals surface area contributed by atoms with Crippen molar-refractivity contribution in [2.45, 2.75) is 33.2 Å². The maximum Gasteiger partial charge on any atom is 0.263 e. The van der Waals surface area contributed by atoms with Crippen molar-refractivity contribution in [2.75, 3.05) is 13.1 Å². The summed E-state index contributed by atoms with van der Waals surface area (Å²) in [4.78, 5) is 34.0. The van der Waals surface area contributed by atoms with E-state index in [1.165, 1.54) is 22.2 Å². The van der Waals surface area contributed by atoms with E-state index in [-0.39, 0.29) is 18.0 Å². The Morgan fingerprint density at radius 3 is 2.81 bits per heavy atom. The summed E-state index contributed by atoms with van der Waals surface area (Å²) < 4.78 is 1.46. The van der Waals surface area contributed by atoms with Crippen LogP contribution in [0.4, 0.5) is 0 Å². The maximum absolute atomic E-state index is 13.2. The number of aryl methyl sites for hydroxylation is 1. The number of piperidine rings is 1. The Balaban J connectivity index is 1.72. The van der Waals surface area contributed by atoms with E-state index < -0.39 is 0 Å². The van der Waals surface area contributed by atoms with Crippen LogP contribution in [0, 0.1) is 12.8 Å². The first kappa shape index (κ1) is 17.9. The van der Waals surface area contributed by atoms with Crippen LogP contribution in [-0.4, -0.2) is 33.4 Å². The molecule has 1 amide bonds. The lowest BCUT2D eigenvalue weighted by Gasteiger charge is -2.31. The number of aromatic nitrogens is 2. The molecule has 0 unspecified atom stereocenters. The molecule has 140 valence electrons. The highest BCUT2D eigenvalue weighted by Crippen LogP contribution is 2.35. The Hall–Kier alpha value is -2.47. The SMILES string of the molecule is Cc1sc2ncn(CC(=O)N3CCC[C@@H](C)C3)c(=O)c2c1-c1ccccc1. The Morgan fingerprint density at radius 2 is 2.07 bits per heavy atom. The van der Waals surface area contributed by atoms with Crippen LogP contribution in [0.15, 0.2) is 41.5 Å². The van der Waals surface area contributed by atoms with Crippen LogP contribution in [0.25, 0.3) is 21.3 Å². The van der Waals surface area contributed by atoms with Gasteiger partial charge >= 0.3 is 0 Å².